The third kappa shape index (κ3) is 3.36. The molecule has 2 aromatic carbocycles. The number of halogens is 1. The third-order valence-electron chi connectivity index (χ3n) is 3.37. The van der Waals surface area contributed by atoms with Crippen LogP contribution < -0.4 is 14.8 Å². The molecular formula is C18H13FN2O3. The molecule has 0 unspecified atom stereocenters. The topological polar surface area (TPSA) is 71.4 Å². The smallest absolute Gasteiger partial charge is 0.266 e. The molecule has 1 aliphatic heterocycles. The lowest BCUT2D eigenvalue weighted by atomic mass is 10.1. The Hall–Kier alpha value is -3.33. The zero-order valence-corrected chi connectivity index (χ0v) is 12.6. The summed E-state index contributed by atoms with van der Waals surface area (Å²) in [5, 5.41) is 11.8. The van der Waals surface area contributed by atoms with E-state index >= 15 is 0 Å². The molecule has 0 radical (unpaired) electrons. The number of anilines is 1. The van der Waals surface area contributed by atoms with Gasteiger partial charge in [-0.25, -0.2) is 4.39 Å². The molecular weight excluding hydrogens is 311 g/mol. The first-order chi connectivity index (χ1) is 11.7. The molecule has 6 heteroatoms. The predicted octanol–water partition coefficient (Wildman–Crippen LogP) is 3.14. The van der Waals surface area contributed by atoms with Crippen LogP contribution in [0.5, 0.6) is 11.5 Å². The van der Waals surface area contributed by atoms with Crippen LogP contribution in [0.4, 0.5) is 10.1 Å². The molecule has 120 valence electrons. The molecule has 1 heterocycles. The van der Waals surface area contributed by atoms with Gasteiger partial charge in [0.25, 0.3) is 5.91 Å². The van der Waals surface area contributed by atoms with E-state index in [0.717, 1.165) is 0 Å². The first-order valence-electron chi connectivity index (χ1n) is 7.25. The first kappa shape index (κ1) is 15.6. The minimum absolute atomic E-state index is 0.173. The highest BCUT2D eigenvalue weighted by Gasteiger charge is 2.15. The fraction of sp³-hybridized carbons (Fsp3) is 0.111. The summed E-state index contributed by atoms with van der Waals surface area (Å²) in [7, 11) is 0. The van der Waals surface area contributed by atoms with Crippen molar-refractivity contribution >= 4 is 17.7 Å². The van der Waals surface area contributed by atoms with Crippen molar-refractivity contribution in [1.29, 1.82) is 5.26 Å². The Balaban J connectivity index is 1.80. The van der Waals surface area contributed by atoms with Gasteiger partial charge in [0.2, 0.25) is 0 Å². The van der Waals surface area contributed by atoms with E-state index in [1.54, 1.807) is 30.3 Å². The van der Waals surface area contributed by atoms with Crippen molar-refractivity contribution in [3.8, 4) is 17.6 Å². The first-order valence-corrected chi connectivity index (χ1v) is 7.25. The number of rotatable bonds is 3. The summed E-state index contributed by atoms with van der Waals surface area (Å²) in [6, 6.07) is 12.6. The van der Waals surface area contributed by atoms with Gasteiger partial charge in [-0.05, 0) is 24.3 Å². The van der Waals surface area contributed by atoms with E-state index in [1.807, 2.05) is 0 Å². The van der Waals surface area contributed by atoms with Crippen LogP contribution in [0, 0.1) is 17.1 Å². The Kier molecular flexibility index (Phi) is 4.43. The minimum atomic E-state index is -0.627. The highest BCUT2D eigenvalue weighted by Crippen LogP contribution is 2.32. The van der Waals surface area contributed by atoms with Crippen LogP contribution in [0.2, 0.25) is 0 Å². The van der Waals surface area contributed by atoms with Gasteiger partial charge in [-0.2, -0.15) is 5.26 Å². The van der Waals surface area contributed by atoms with E-state index in [2.05, 4.69) is 5.32 Å². The standard InChI is InChI=1S/C18H13FN2O3/c19-15-4-2-1-3-12(15)9-13(11-20)18(22)21-14-5-6-16-17(10-14)24-8-7-23-16/h1-6,9-10H,7-8H2,(H,21,22)/b13-9+. The average Bonchev–Trinajstić information content (AvgIpc) is 2.61. The van der Waals surface area contributed by atoms with Crippen molar-refractivity contribution in [3.05, 3.63) is 59.4 Å². The molecule has 1 aliphatic rings. The SMILES string of the molecule is N#C/C(=C\c1ccccc1F)C(=O)Nc1ccc2c(c1)OCCO2. The highest BCUT2D eigenvalue weighted by molar-refractivity contribution is 6.09. The van der Waals surface area contributed by atoms with Crippen LogP contribution in [-0.2, 0) is 4.79 Å². The Bertz CT molecular complexity index is 856. The Morgan fingerprint density at radius 2 is 1.92 bits per heavy atom. The summed E-state index contributed by atoms with van der Waals surface area (Å²) >= 11 is 0. The second kappa shape index (κ2) is 6.84. The lowest BCUT2D eigenvalue weighted by molar-refractivity contribution is -0.112. The normalized spacial score (nSPS) is 13.1. The fourth-order valence-electron chi connectivity index (χ4n) is 2.22. The molecule has 0 atom stereocenters. The van der Waals surface area contributed by atoms with Crippen LogP contribution in [0.1, 0.15) is 5.56 Å². The molecule has 0 saturated heterocycles. The number of hydrogen-bond acceptors (Lipinski definition) is 4. The maximum absolute atomic E-state index is 13.6. The van der Waals surface area contributed by atoms with Gasteiger partial charge in [-0.3, -0.25) is 4.79 Å². The molecule has 3 rings (SSSR count). The fourth-order valence-corrected chi connectivity index (χ4v) is 2.22. The van der Waals surface area contributed by atoms with Crippen LogP contribution in [-0.4, -0.2) is 19.1 Å². The lowest BCUT2D eigenvalue weighted by Gasteiger charge is -2.18. The van der Waals surface area contributed by atoms with Crippen LogP contribution in [0.25, 0.3) is 6.08 Å². The summed E-state index contributed by atoms with van der Waals surface area (Å²) < 4.78 is 24.5. The second-order valence-electron chi connectivity index (χ2n) is 5.00. The summed E-state index contributed by atoms with van der Waals surface area (Å²) in [6.45, 7) is 0.906. The van der Waals surface area contributed by atoms with Crippen molar-refractivity contribution in [2.24, 2.45) is 0 Å². The molecule has 1 N–H and O–H groups in total. The molecule has 2 aromatic rings. The molecule has 0 aliphatic carbocycles. The van der Waals surface area contributed by atoms with E-state index < -0.39 is 11.7 Å². The van der Waals surface area contributed by atoms with Gasteiger partial charge in [0.1, 0.15) is 30.7 Å². The van der Waals surface area contributed by atoms with Gasteiger partial charge >= 0.3 is 0 Å². The largest absolute Gasteiger partial charge is 0.486 e. The molecule has 24 heavy (non-hydrogen) atoms. The number of carbonyl (C=O) groups excluding carboxylic acids is 1. The van der Waals surface area contributed by atoms with Crippen molar-refractivity contribution in [3.63, 3.8) is 0 Å². The average molecular weight is 324 g/mol. The monoisotopic (exact) mass is 324 g/mol. The minimum Gasteiger partial charge on any atom is -0.486 e. The zero-order chi connectivity index (χ0) is 16.9. The summed E-state index contributed by atoms with van der Waals surface area (Å²) in [6.07, 6.45) is 1.21. The van der Waals surface area contributed by atoms with E-state index in [0.29, 0.717) is 30.4 Å². The number of nitriles is 1. The summed E-state index contributed by atoms with van der Waals surface area (Å²) in [5.41, 5.74) is 0.431. The number of carbonyl (C=O) groups is 1. The number of nitrogens with one attached hydrogen (secondary N) is 1. The quantitative estimate of drug-likeness (QED) is 0.695. The summed E-state index contributed by atoms with van der Waals surface area (Å²) in [5.74, 6) is -0.00731. The molecule has 0 fully saturated rings. The van der Waals surface area contributed by atoms with Gasteiger partial charge in [0.15, 0.2) is 11.5 Å². The highest BCUT2D eigenvalue weighted by atomic mass is 19.1. The van der Waals surface area contributed by atoms with E-state index in [4.69, 9.17) is 9.47 Å². The number of ether oxygens (including phenoxy) is 2. The van der Waals surface area contributed by atoms with Gasteiger partial charge < -0.3 is 14.8 Å². The van der Waals surface area contributed by atoms with Crippen LogP contribution in [0.15, 0.2) is 48.0 Å². The molecule has 1 amide bonds. The van der Waals surface area contributed by atoms with E-state index in [-0.39, 0.29) is 11.1 Å². The molecule has 0 bridgehead atoms. The second-order valence-corrected chi connectivity index (χ2v) is 5.00. The Morgan fingerprint density at radius 3 is 2.67 bits per heavy atom. The van der Waals surface area contributed by atoms with E-state index in [1.165, 1.54) is 24.3 Å². The van der Waals surface area contributed by atoms with Crippen LogP contribution >= 0.6 is 0 Å². The Labute approximate surface area is 137 Å². The van der Waals surface area contributed by atoms with Gasteiger partial charge in [0.05, 0.1) is 0 Å². The number of benzene rings is 2. The van der Waals surface area contributed by atoms with Crippen LogP contribution in [0.3, 0.4) is 0 Å². The number of nitrogens with zero attached hydrogens (tertiary/aromatic N) is 1. The predicted molar refractivity (Wildman–Crippen MR) is 86.1 cm³/mol. The zero-order valence-electron chi connectivity index (χ0n) is 12.6. The summed E-state index contributed by atoms with van der Waals surface area (Å²) in [4.78, 5) is 12.2. The molecule has 5 nitrogen and oxygen atoms in total. The molecule has 0 saturated carbocycles. The number of amides is 1. The van der Waals surface area contributed by atoms with E-state index in [9.17, 15) is 14.4 Å². The number of hydrogen-bond donors (Lipinski definition) is 1. The molecule has 0 spiro atoms. The van der Waals surface area contributed by atoms with Crippen molar-refractivity contribution < 1.29 is 18.7 Å². The lowest BCUT2D eigenvalue weighted by Crippen LogP contribution is -2.17. The molecule has 0 aromatic heterocycles. The number of fused-ring (bicyclic) bond motifs is 1. The maximum Gasteiger partial charge on any atom is 0.266 e. The third-order valence-corrected chi connectivity index (χ3v) is 3.37. The maximum atomic E-state index is 13.6. The van der Waals surface area contributed by atoms with Crippen molar-refractivity contribution in [2.45, 2.75) is 0 Å². The van der Waals surface area contributed by atoms with Gasteiger partial charge in [0, 0.05) is 17.3 Å². The van der Waals surface area contributed by atoms with Crippen molar-refractivity contribution in [1.82, 2.24) is 0 Å². The Morgan fingerprint density at radius 1 is 1.17 bits per heavy atom. The van der Waals surface area contributed by atoms with Crippen molar-refractivity contribution in [2.75, 3.05) is 18.5 Å². The van der Waals surface area contributed by atoms with Gasteiger partial charge in [-0.1, -0.05) is 18.2 Å². The van der Waals surface area contributed by atoms with Gasteiger partial charge in [-0.15, -0.1) is 0 Å².